The number of carbonyl (C=O) groups excluding carboxylic acids is 1. The molecule has 9 heteroatoms. The Bertz CT molecular complexity index is 1260. The van der Waals surface area contributed by atoms with E-state index in [0.29, 0.717) is 38.6 Å². The Morgan fingerprint density at radius 1 is 0.929 bits per heavy atom. The van der Waals surface area contributed by atoms with Crippen molar-refractivity contribution in [1.29, 1.82) is 0 Å². The minimum atomic E-state index is -4.76. The molecule has 0 N–H and O–H groups in total. The number of hydrogen-bond acceptors (Lipinski definition) is 5. The van der Waals surface area contributed by atoms with Crippen LogP contribution in [0, 0.1) is 11.3 Å². The molecule has 3 unspecified atom stereocenters. The number of piperazine rings is 1. The second-order valence-electron chi connectivity index (χ2n) is 12.8. The number of fused-ring (bicyclic) bond motifs is 2. The number of rotatable bonds is 2. The van der Waals surface area contributed by atoms with Crippen LogP contribution in [0.1, 0.15) is 64.1 Å². The number of hydrogen-bond donors (Lipinski definition) is 0. The van der Waals surface area contributed by atoms with Crippen LogP contribution in [-0.4, -0.2) is 72.3 Å². The van der Waals surface area contributed by atoms with Gasteiger partial charge in [0.25, 0.3) is 0 Å². The Balaban J connectivity index is 1.56. The summed E-state index contributed by atoms with van der Waals surface area (Å²) in [6, 6.07) is 13.7. The summed E-state index contributed by atoms with van der Waals surface area (Å²) in [6.45, 7) is 12.8. The highest BCUT2D eigenvalue weighted by Crippen LogP contribution is 2.40. The molecule has 3 atom stereocenters. The summed E-state index contributed by atoms with van der Waals surface area (Å²) in [5, 5.41) is 0. The van der Waals surface area contributed by atoms with Gasteiger partial charge in [0.05, 0.1) is 6.04 Å². The lowest BCUT2D eigenvalue weighted by Crippen LogP contribution is -2.60. The monoisotopic (exact) mass is 585 g/mol. The van der Waals surface area contributed by atoms with Crippen LogP contribution in [-0.2, 0) is 4.79 Å². The molecule has 6 nitrogen and oxygen atoms in total. The first-order valence-corrected chi connectivity index (χ1v) is 14.9. The van der Waals surface area contributed by atoms with Gasteiger partial charge in [-0.25, -0.2) is 0 Å². The molecule has 2 aromatic carbocycles. The molecule has 2 aromatic rings. The average molecular weight is 586 g/mol. The standard InChI is InChI=1S/C33H42F3N3O3/c1-23-15-20-41-28-8-6-5-7-27(28)31(25-9-11-26(12-10-25)42-33(34,35)36)38-18-19-39(29(22-38)32(2,3)4)30(40)21-24-13-16-37(23)17-14-24/h5-12,15,24,29,31H,13-14,16-22H2,1-4H3/b23-15-. The molecule has 4 bridgehead atoms. The van der Waals surface area contributed by atoms with Crippen molar-refractivity contribution in [3.63, 3.8) is 0 Å². The molecule has 7 rings (SSSR count). The van der Waals surface area contributed by atoms with E-state index in [0.717, 1.165) is 42.8 Å². The van der Waals surface area contributed by atoms with Crippen molar-refractivity contribution in [2.24, 2.45) is 11.3 Å². The molecule has 0 aliphatic carbocycles. The van der Waals surface area contributed by atoms with E-state index < -0.39 is 6.36 Å². The molecule has 1 amide bonds. The maximum atomic E-state index is 13.8. The summed E-state index contributed by atoms with van der Waals surface area (Å²) in [6.07, 6.45) is -0.0911. The fraction of sp³-hybridized carbons (Fsp3) is 0.545. The van der Waals surface area contributed by atoms with E-state index in [1.807, 2.05) is 24.3 Å². The maximum absolute atomic E-state index is 13.8. The molecular formula is C33H42F3N3O3. The van der Waals surface area contributed by atoms with Crippen molar-refractivity contribution in [1.82, 2.24) is 14.7 Å². The normalized spacial score (nSPS) is 27.1. The van der Waals surface area contributed by atoms with Crippen LogP contribution in [0.4, 0.5) is 13.2 Å². The van der Waals surface area contributed by atoms with Gasteiger partial charge in [0.15, 0.2) is 0 Å². The molecule has 0 saturated carbocycles. The van der Waals surface area contributed by atoms with E-state index in [1.165, 1.54) is 17.8 Å². The second kappa shape index (κ2) is 12.2. The van der Waals surface area contributed by atoms with E-state index in [-0.39, 0.29) is 29.2 Å². The zero-order chi connectivity index (χ0) is 30.1. The first-order valence-electron chi connectivity index (χ1n) is 14.9. The molecular weight excluding hydrogens is 543 g/mol. The largest absolute Gasteiger partial charge is 0.573 e. The van der Waals surface area contributed by atoms with E-state index in [9.17, 15) is 18.0 Å². The predicted octanol–water partition coefficient (Wildman–Crippen LogP) is 6.63. The molecule has 228 valence electrons. The smallest absolute Gasteiger partial charge is 0.489 e. The van der Waals surface area contributed by atoms with Gasteiger partial charge in [-0.05, 0) is 60.9 Å². The molecule has 5 aliphatic heterocycles. The second-order valence-corrected chi connectivity index (χ2v) is 12.8. The Labute approximate surface area is 247 Å². The van der Waals surface area contributed by atoms with Gasteiger partial charge in [-0.3, -0.25) is 9.69 Å². The Hall–Kier alpha value is -3.20. The number of halogens is 3. The van der Waals surface area contributed by atoms with E-state index in [2.05, 4.69) is 53.2 Å². The number of allylic oxidation sites excluding steroid dienone is 1. The number of piperidine rings is 1. The Kier molecular flexibility index (Phi) is 8.78. The lowest BCUT2D eigenvalue weighted by Gasteiger charge is -2.50. The molecule has 2 saturated heterocycles. The number of amides is 1. The lowest BCUT2D eigenvalue weighted by atomic mass is 9.82. The molecule has 5 aliphatic rings. The van der Waals surface area contributed by atoms with Crippen molar-refractivity contribution in [2.75, 3.05) is 39.3 Å². The van der Waals surface area contributed by atoms with Crippen molar-refractivity contribution in [3.05, 3.63) is 71.4 Å². The zero-order valence-electron chi connectivity index (χ0n) is 25.0. The molecule has 0 spiro atoms. The first-order chi connectivity index (χ1) is 19.9. The fourth-order valence-electron chi connectivity index (χ4n) is 6.59. The third-order valence-electron chi connectivity index (χ3n) is 8.93. The number of carbonyl (C=O) groups is 1. The van der Waals surface area contributed by atoms with Crippen LogP contribution >= 0.6 is 0 Å². The van der Waals surface area contributed by atoms with Gasteiger partial charge in [0, 0.05) is 56.4 Å². The van der Waals surface area contributed by atoms with Crippen LogP contribution in [0.15, 0.2) is 60.3 Å². The molecule has 0 aromatic heterocycles. The summed E-state index contributed by atoms with van der Waals surface area (Å²) < 4.78 is 49.2. The maximum Gasteiger partial charge on any atom is 0.573 e. The summed E-state index contributed by atoms with van der Waals surface area (Å²) in [4.78, 5) is 20.6. The van der Waals surface area contributed by atoms with Gasteiger partial charge in [-0.15, -0.1) is 13.2 Å². The van der Waals surface area contributed by atoms with Crippen molar-refractivity contribution < 1.29 is 27.4 Å². The minimum Gasteiger partial charge on any atom is -0.489 e. The van der Waals surface area contributed by atoms with E-state index in [1.54, 1.807) is 12.1 Å². The summed E-state index contributed by atoms with van der Waals surface area (Å²) >= 11 is 0. The molecule has 0 radical (unpaired) electrons. The van der Waals surface area contributed by atoms with Crippen molar-refractivity contribution in [3.8, 4) is 11.5 Å². The molecule has 5 heterocycles. The molecule has 42 heavy (non-hydrogen) atoms. The first kappa shape index (κ1) is 30.3. The van der Waals surface area contributed by atoms with Crippen LogP contribution in [0.5, 0.6) is 11.5 Å². The van der Waals surface area contributed by atoms with Gasteiger partial charge in [0.1, 0.15) is 18.1 Å². The van der Waals surface area contributed by atoms with Crippen LogP contribution in [0.3, 0.4) is 0 Å². The highest BCUT2D eigenvalue weighted by molar-refractivity contribution is 5.77. The van der Waals surface area contributed by atoms with Crippen LogP contribution < -0.4 is 9.47 Å². The number of nitrogens with zero attached hydrogens (tertiary/aromatic N) is 3. The lowest BCUT2D eigenvalue weighted by molar-refractivity contribution is -0.274. The van der Waals surface area contributed by atoms with E-state index in [4.69, 9.17) is 4.74 Å². The zero-order valence-corrected chi connectivity index (χ0v) is 25.0. The van der Waals surface area contributed by atoms with Gasteiger partial charge >= 0.3 is 6.36 Å². The third kappa shape index (κ3) is 7.05. The quantitative estimate of drug-likeness (QED) is 0.396. The SMILES string of the molecule is C/C1=C/COc2ccccc2C(c2ccc(OC(F)(F)F)cc2)N2CCN(C(=O)CC3CCN1CC3)C(C(C)(C)C)C2. The van der Waals surface area contributed by atoms with E-state index >= 15 is 0 Å². The topological polar surface area (TPSA) is 45.3 Å². The Morgan fingerprint density at radius 3 is 2.29 bits per heavy atom. The number of alkyl halides is 3. The van der Waals surface area contributed by atoms with Crippen LogP contribution in [0.2, 0.25) is 0 Å². The highest BCUT2D eigenvalue weighted by atomic mass is 19.4. The number of benzene rings is 2. The average Bonchev–Trinajstić information content (AvgIpc) is 2.94. The fourth-order valence-corrected chi connectivity index (χ4v) is 6.59. The van der Waals surface area contributed by atoms with Gasteiger partial charge in [-0.2, -0.15) is 0 Å². The summed E-state index contributed by atoms with van der Waals surface area (Å²) in [5.41, 5.74) is 2.76. The minimum absolute atomic E-state index is 0.0261. The highest BCUT2D eigenvalue weighted by Gasteiger charge is 2.41. The predicted molar refractivity (Wildman–Crippen MR) is 156 cm³/mol. The summed E-state index contributed by atoms with van der Waals surface area (Å²) in [7, 11) is 0. The Morgan fingerprint density at radius 2 is 1.62 bits per heavy atom. The third-order valence-corrected chi connectivity index (χ3v) is 8.93. The van der Waals surface area contributed by atoms with Crippen molar-refractivity contribution >= 4 is 5.91 Å². The number of ether oxygens (including phenoxy) is 2. The molecule has 2 fully saturated rings. The van der Waals surface area contributed by atoms with Crippen molar-refractivity contribution in [2.45, 2.75) is 65.4 Å². The van der Waals surface area contributed by atoms with Gasteiger partial charge in [-0.1, -0.05) is 51.1 Å². The van der Waals surface area contributed by atoms with Gasteiger partial charge < -0.3 is 19.3 Å². The van der Waals surface area contributed by atoms with Crippen LogP contribution in [0.25, 0.3) is 0 Å². The summed E-state index contributed by atoms with van der Waals surface area (Å²) in [5.74, 6) is 1.07. The van der Waals surface area contributed by atoms with Gasteiger partial charge in [0.2, 0.25) is 5.91 Å². The number of para-hydroxylation sites is 1.